The van der Waals surface area contributed by atoms with E-state index >= 15 is 0 Å². The molecule has 2 saturated heterocycles. The maximum Gasteiger partial charge on any atom is 0.228 e. The van der Waals surface area contributed by atoms with Crippen LogP contribution in [0.3, 0.4) is 0 Å². The van der Waals surface area contributed by atoms with Crippen molar-refractivity contribution in [2.75, 3.05) is 38.1 Å². The lowest BCUT2D eigenvalue weighted by Crippen LogP contribution is -2.36. The van der Waals surface area contributed by atoms with Crippen molar-refractivity contribution < 1.29 is 9.59 Å². The Morgan fingerprint density at radius 1 is 1.25 bits per heavy atom. The number of hydrogen-bond acceptors (Lipinski definition) is 3. The van der Waals surface area contributed by atoms with Gasteiger partial charge in [-0.15, -0.1) is 12.4 Å². The highest BCUT2D eigenvalue weighted by Crippen LogP contribution is 2.28. The standard InChI is InChI=1S/C18H25N3O2.ClH/c1-13-3-5-16(6-4-13)21-12-15(9-17(21)22)18(23)20-8-7-14(11-20)10-19-2;/h3-6,14-15,19H,7-12H2,1-2H3;1H. The van der Waals surface area contributed by atoms with Gasteiger partial charge in [0.2, 0.25) is 11.8 Å². The van der Waals surface area contributed by atoms with Crippen LogP contribution < -0.4 is 10.2 Å². The van der Waals surface area contributed by atoms with Gasteiger partial charge in [-0.25, -0.2) is 0 Å². The van der Waals surface area contributed by atoms with Crippen molar-refractivity contribution in [1.29, 1.82) is 0 Å². The van der Waals surface area contributed by atoms with Crippen LogP contribution in [0.5, 0.6) is 0 Å². The van der Waals surface area contributed by atoms with Gasteiger partial charge in [-0.3, -0.25) is 9.59 Å². The average Bonchev–Trinajstić information content (AvgIpc) is 3.15. The van der Waals surface area contributed by atoms with E-state index in [1.807, 2.05) is 43.1 Å². The Kier molecular flexibility index (Phi) is 6.24. The van der Waals surface area contributed by atoms with Crippen molar-refractivity contribution in [3.63, 3.8) is 0 Å². The van der Waals surface area contributed by atoms with E-state index in [9.17, 15) is 9.59 Å². The van der Waals surface area contributed by atoms with Crippen LogP contribution in [0.1, 0.15) is 18.4 Å². The molecule has 2 unspecified atom stereocenters. The van der Waals surface area contributed by atoms with Gasteiger partial charge in [-0.05, 0) is 45.0 Å². The summed E-state index contributed by atoms with van der Waals surface area (Å²) in [6, 6.07) is 7.92. The van der Waals surface area contributed by atoms with Crippen molar-refractivity contribution >= 4 is 29.9 Å². The van der Waals surface area contributed by atoms with Crippen molar-refractivity contribution in [3.8, 4) is 0 Å². The molecule has 0 saturated carbocycles. The van der Waals surface area contributed by atoms with E-state index in [4.69, 9.17) is 0 Å². The molecule has 1 N–H and O–H groups in total. The van der Waals surface area contributed by atoms with Crippen molar-refractivity contribution in [2.24, 2.45) is 11.8 Å². The molecule has 1 aromatic carbocycles. The van der Waals surface area contributed by atoms with Crippen LogP contribution in [0.4, 0.5) is 5.69 Å². The average molecular weight is 352 g/mol. The Morgan fingerprint density at radius 2 is 1.96 bits per heavy atom. The van der Waals surface area contributed by atoms with Crippen LogP contribution in [0.2, 0.25) is 0 Å². The molecule has 2 amide bonds. The number of halogens is 1. The van der Waals surface area contributed by atoms with Gasteiger partial charge in [0.25, 0.3) is 0 Å². The first-order chi connectivity index (χ1) is 11.1. The molecule has 0 bridgehead atoms. The summed E-state index contributed by atoms with van der Waals surface area (Å²) in [4.78, 5) is 28.7. The molecule has 0 aromatic heterocycles. The summed E-state index contributed by atoms with van der Waals surface area (Å²) in [5.41, 5.74) is 2.06. The topological polar surface area (TPSA) is 52.7 Å². The molecule has 2 heterocycles. The zero-order valence-corrected chi connectivity index (χ0v) is 15.1. The number of rotatable bonds is 4. The summed E-state index contributed by atoms with van der Waals surface area (Å²) < 4.78 is 0. The molecular formula is C18H26ClN3O2. The number of nitrogens with one attached hydrogen (secondary N) is 1. The molecule has 24 heavy (non-hydrogen) atoms. The number of carbonyl (C=O) groups is 2. The minimum Gasteiger partial charge on any atom is -0.342 e. The Balaban J connectivity index is 0.00000208. The number of likely N-dealkylation sites (tertiary alicyclic amines) is 1. The number of anilines is 1. The van der Waals surface area contributed by atoms with Crippen molar-refractivity contribution in [3.05, 3.63) is 29.8 Å². The highest BCUT2D eigenvalue weighted by Gasteiger charge is 2.38. The van der Waals surface area contributed by atoms with Gasteiger partial charge in [0, 0.05) is 31.7 Å². The molecule has 0 radical (unpaired) electrons. The molecule has 2 atom stereocenters. The summed E-state index contributed by atoms with van der Waals surface area (Å²) >= 11 is 0. The van der Waals surface area contributed by atoms with Gasteiger partial charge in [0.15, 0.2) is 0 Å². The molecule has 3 rings (SSSR count). The Labute approximate surface area is 149 Å². The first kappa shape index (κ1) is 18.7. The van der Waals surface area contributed by atoms with Crippen LogP contribution in [-0.2, 0) is 9.59 Å². The second kappa shape index (κ2) is 7.99. The number of benzene rings is 1. The van der Waals surface area contributed by atoms with Gasteiger partial charge in [0.05, 0.1) is 5.92 Å². The van der Waals surface area contributed by atoms with Gasteiger partial charge in [-0.2, -0.15) is 0 Å². The van der Waals surface area contributed by atoms with Crippen LogP contribution >= 0.6 is 12.4 Å². The van der Waals surface area contributed by atoms with E-state index < -0.39 is 0 Å². The quantitative estimate of drug-likeness (QED) is 0.900. The summed E-state index contributed by atoms with van der Waals surface area (Å²) in [6.07, 6.45) is 1.38. The van der Waals surface area contributed by atoms with E-state index in [0.29, 0.717) is 18.9 Å². The van der Waals surface area contributed by atoms with Gasteiger partial charge < -0.3 is 15.1 Å². The Hall–Kier alpha value is -1.59. The molecule has 2 aliphatic rings. The maximum absolute atomic E-state index is 12.7. The monoisotopic (exact) mass is 351 g/mol. The number of aryl methyl sites for hydroxylation is 1. The van der Waals surface area contributed by atoms with E-state index in [1.165, 1.54) is 5.56 Å². The molecular weight excluding hydrogens is 326 g/mol. The van der Waals surface area contributed by atoms with Crippen LogP contribution in [0.25, 0.3) is 0 Å². The molecule has 2 aliphatic heterocycles. The molecule has 1 aromatic rings. The summed E-state index contributed by atoms with van der Waals surface area (Å²) in [5, 5.41) is 3.18. The number of amides is 2. The molecule has 132 valence electrons. The number of carbonyl (C=O) groups excluding carboxylic acids is 2. The SMILES string of the molecule is CNCC1CCN(C(=O)C2CC(=O)N(c3ccc(C)cc3)C2)C1.Cl. The van der Waals surface area contributed by atoms with E-state index in [1.54, 1.807) is 4.90 Å². The predicted molar refractivity (Wildman–Crippen MR) is 97.5 cm³/mol. The third-order valence-corrected chi connectivity index (χ3v) is 4.91. The summed E-state index contributed by atoms with van der Waals surface area (Å²) in [7, 11) is 1.94. The first-order valence-corrected chi connectivity index (χ1v) is 8.39. The second-order valence-electron chi connectivity index (χ2n) is 6.74. The second-order valence-corrected chi connectivity index (χ2v) is 6.74. The van der Waals surface area contributed by atoms with Crippen LogP contribution in [0, 0.1) is 18.8 Å². The molecule has 5 nitrogen and oxygen atoms in total. The Bertz CT molecular complexity index is 590. The number of hydrogen-bond donors (Lipinski definition) is 1. The van der Waals surface area contributed by atoms with Gasteiger partial charge in [-0.1, -0.05) is 17.7 Å². The largest absolute Gasteiger partial charge is 0.342 e. The lowest BCUT2D eigenvalue weighted by atomic mass is 10.1. The normalized spacial score (nSPS) is 23.5. The lowest BCUT2D eigenvalue weighted by molar-refractivity contribution is -0.134. The maximum atomic E-state index is 12.7. The number of nitrogens with zero attached hydrogens (tertiary/aromatic N) is 2. The fourth-order valence-electron chi connectivity index (χ4n) is 3.59. The van der Waals surface area contributed by atoms with Gasteiger partial charge >= 0.3 is 0 Å². The van der Waals surface area contributed by atoms with Gasteiger partial charge in [0.1, 0.15) is 0 Å². The fourth-order valence-corrected chi connectivity index (χ4v) is 3.59. The minimum absolute atomic E-state index is 0. The first-order valence-electron chi connectivity index (χ1n) is 8.39. The molecule has 6 heteroatoms. The highest BCUT2D eigenvalue weighted by molar-refractivity contribution is 6.00. The highest BCUT2D eigenvalue weighted by atomic mass is 35.5. The third-order valence-electron chi connectivity index (χ3n) is 4.91. The molecule has 0 spiro atoms. The third kappa shape index (κ3) is 3.90. The molecule has 2 fully saturated rings. The van der Waals surface area contributed by atoms with Crippen LogP contribution in [-0.4, -0.2) is 49.9 Å². The smallest absolute Gasteiger partial charge is 0.228 e. The summed E-state index contributed by atoms with van der Waals surface area (Å²) in [6.45, 7) is 5.11. The summed E-state index contributed by atoms with van der Waals surface area (Å²) in [5.74, 6) is 0.538. The van der Waals surface area contributed by atoms with E-state index in [0.717, 1.165) is 31.7 Å². The predicted octanol–water partition coefficient (Wildman–Crippen LogP) is 1.84. The van der Waals surface area contributed by atoms with Crippen LogP contribution in [0.15, 0.2) is 24.3 Å². The van der Waals surface area contributed by atoms with Crippen molar-refractivity contribution in [2.45, 2.75) is 19.8 Å². The fraction of sp³-hybridized carbons (Fsp3) is 0.556. The zero-order valence-electron chi connectivity index (χ0n) is 14.3. The van der Waals surface area contributed by atoms with Crippen molar-refractivity contribution in [1.82, 2.24) is 10.2 Å². The minimum atomic E-state index is -0.197. The zero-order chi connectivity index (χ0) is 16.4. The lowest BCUT2D eigenvalue weighted by Gasteiger charge is -2.21. The Morgan fingerprint density at radius 3 is 2.62 bits per heavy atom. The van der Waals surface area contributed by atoms with E-state index in [-0.39, 0.29) is 30.1 Å². The molecule has 0 aliphatic carbocycles. The van der Waals surface area contributed by atoms with E-state index in [2.05, 4.69) is 5.32 Å².